The van der Waals surface area contributed by atoms with E-state index in [1.165, 1.54) is 11.8 Å². The number of piperidine rings is 1. The van der Waals surface area contributed by atoms with Gasteiger partial charge in [-0.25, -0.2) is 0 Å². The van der Waals surface area contributed by atoms with Crippen molar-refractivity contribution in [2.75, 3.05) is 12.3 Å². The second kappa shape index (κ2) is 8.89. The number of hydrogen-bond donors (Lipinski definition) is 5. The van der Waals surface area contributed by atoms with E-state index in [2.05, 4.69) is 10.6 Å². The summed E-state index contributed by atoms with van der Waals surface area (Å²) in [5.41, 5.74) is 0.903. The molecule has 0 radical (unpaired) electrons. The third kappa shape index (κ3) is 4.98. The number of thioether (sulfide) groups is 1. The van der Waals surface area contributed by atoms with E-state index in [0.29, 0.717) is 4.20 Å². The molecule has 6 nitrogen and oxygen atoms in total. The molecule has 1 aliphatic rings. The Morgan fingerprint density at radius 3 is 2.54 bits per heavy atom. The maximum atomic E-state index is 11.9. The lowest BCUT2D eigenvalue weighted by atomic mass is 9.91. The number of carbonyl (C=O) groups is 1. The minimum absolute atomic E-state index is 0.160. The van der Waals surface area contributed by atoms with E-state index in [9.17, 15) is 20.1 Å². The van der Waals surface area contributed by atoms with Crippen molar-refractivity contribution in [2.24, 2.45) is 0 Å². The Balaban J connectivity index is 1.76. The molecule has 0 aliphatic carbocycles. The van der Waals surface area contributed by atoms with E-state index < -0.39 is 24.4 Å². The topological polar surface area (TPSA) is 102 Å². The molecule has 8 heteroatoms. The van der Waals surface area contributed by atoms with Crippen molar-refractivity contribution in [3.8, 4) is 0 Å². The van der Waals surface area contributed by atoms with E-state index in [0.717, 1.165) is 5.56 Å². The second-order valence-electron chi connectivity index (χ2n) is 5.78. The average molecular weight is 370 g/mol. The molecular formula is C16H22N2O4S2. The molecule has 1 fully saturated rings. The van der Waals surface area contributed by atoms with Gasteiger partial charge in [0.2, 0.25) is 5.91 Å². The van der Waals surface area contributed by atoms with Crippen LogP contribution in [0.5, 0.6) is 0 Å². The SMILES string of the molecule is C[C@@H]1N[C@H](CNC(=O)CSC(=S)c2ccccc2)[C@@H](O)[C@H](O)[C@@H]1O. The number of aliphatic hydroxyl groups is 3. The maximum absolute atomic E-state index is 11.9. The summed E-state index contributed by atoms with van der Waals surface area (Å²) < 4.78 is 0.647. The first-order valence-corrected chi connectivity index (χ1v) is 9.08. The number of amides is 1. The summed E-state index contributed by atoms with van der Waals surface area (Å²) in [5, 5.41) is 35.1. The summed E-state index contributed by atoms with van der Waals surface area (Å²) in [5.74, 6) is -0.0300. The molecule has 0 spiro atoms. The van der Waals surface area contributed by atoms with Gasteiger partial charge in [-0.3, -0.25) is 4.79 Å². The van der Waals surface area contributed by atoms with Gasteiger partial charge in [-0.15, -0.1) is 11.8 Å². The van der Waals surface area contributed by atoms with E-state index in [1.54, 1.807) is 6.92 Å². The zero-order valence-electron chi connectivity index (χ0n) is 13.3. The molecule has 0 unspecified atom stereocenters. The molecule has 2 rings (SSSR count). The molecule has 132 valence electrons. The monoisotopic (exact) mass is 370 g/mol. The highest BCUT2D eigenvalue weighted by atomic mass is 32.2. The van der Waals surface area contributed by atoms with Gasteiger partial charge in [0.05, 0.1) is 28.2 Å². The summed E-state index contributed by atoms with van der Waals surface area (Å²) in [6, 6.07) is 8.57. The van der Waals surface area contributed by atoms with Gasteiger partial charge >= 0.3 is 0 Å². The number of rotatable bonds is 5. The Morgan fingerprint density at radius 2 is 1.88 bits per heavy atom. The number of hydrogen-bond acceptors (Lipinski definition) is 7. The molecule has 5 N–H and O–H groups in total. The van der Waals surface area contributed by atoms with E-state index >= 15 is 0 Å². The summed E-state index contributed by atoms with van der Waals surface area (Å²) in [7, 11) is 0. The molecule has 1 aliphatic heterocycles. The standard InChI is InChI=1S/C16H22N2O4S2/c1-9-13(20)15(22)14(21)11(18-9)7-17-12(19)8-24-16(23)10-5-3-2-4-6-10/h2-6,9,11,13-15,18,20-22H,7-8H2,1H3,(H,17,19)/t9-,11+,13+,14+,15+/m0/s1. The van der Waals surface area contributed by atoms with Crippen molar-refractivity contribution in [1.29, 1.82) is 0 Å². The molecule has 1 amide bonds. The molecule has 1 aromatic rings. The van der Waals surface area contributed by atoms with E-state index in [-0.39, 0.29) is 24.2 Å². The molecule has 0 bridgehead atoms. The third-order valence-corrected chi connectivity index (χ3v) is 5.46. The van der Waals surface area contributed by atoms with Gasteiger partial charge in [-0.2, -0.15) is 0 Å². The second-order valence-corrected chi connectivity index (χ2v) is 7.43. The molecule has 0 aromatic heterocycles. The summed E-state index contributed by atoms with van der Waals surface area (Å²) in [6.45, 7) is 1.87. The molecule has 24 heavy (non-hydrogen) atoms. The predicted octanol–water partition coefficient (Wildman–Crippen LogP) is -0.345. The van der Waals surface area contributed by atoms with Crippen LogP contribution in [0, 0.1) is 0 Å². The maximum Gasteiger partial charge on any atom is 0.230 e. The first-order valence-electron chi connectivity index (χ1n) is 7.69. The van der Waals surface area contributed by atoms with Gasteiger partial charge in [0.1, 0.15) is 6.10 Å². The lowest BCUT2D eigenvalue weighted by molar-refractivity contribution is -0.121. The molecule has 1 saturated heterocycles. The Hall–Kier alpha value is -1.03. The van der Waals surface area contributed by atoms with Crippen LogP contribution in [0.2, 0.25) is 0 Å². The zero-order chi connectivity index (χ0) is 17.7. The van der Waals surface area contributed by atoms with Gasteiger partial charge in [0.25, 0.3) is 0 Å². The van der Waals surface area contributed by atoms with Crippen molar-refractivity contribution in [2.45, 2.75) is 37.3 Å². The molecular weight excluding hydrogens is 348 g/mol. The quantitative estimate of drug-likeness (QED) is 0.452. The summed E-state index contributed by atoms with van der Waals surface area (Å²) in [6.07, 6.45) is -3.41. The third-order valence-electron chi connectivity index (χ3n) is 3.96. The minimum Gasteiger partial charge on any atom is -0.389 e. The number of thiocarbonyl (C=S) groups is 1. The van der Waals surface area contributed by atoms with Crippen LogP contribution in [0.3, 0.4) is 0 Å². The minimum atomic E-state index is -1.23. The predicted molar refractivity (Wildman–Crippen MR) is 98.0 cm³/mol. The van der Waals surface area contributed by atoms with Crippen LogP contribution in [0.4, 0.5) is 0 Å². The summed E-state index contributed by atoms with van der Waals surface area (Å²) >= 11 is 6.55. The fourth-order valence-electron chi connectivity index (χ4n) is 2.51. The van der Waals surface area contributed by atoms with E-state index in [4.69, 9.17) is 12.2 Å². The Labute approximate surface area is 150 Å². The normalized spacial score (nSPS) is 29.9. The molecule has 0 saturated carbocycles. The molecule has 1 heterocycles. The Morgan fingerprint density at radius 1 is 1.21 bits per heavy atom. The average Bonchev–Trinajstić information content (AvgIpc) is 2.60. The Kier molecular flexibility index (Phi) is 7.15. The summed E-state index contributed by atoms with van der Waals surface area (Å²) in [4.78, 5) is 11.9. The van der Waals surface area contributed by atoms with Crippen LogP contribution in [0.1, 0.15) is 12.5 Å². The van der Waals surface area contributed by atoms with Crippen molar-refractivity contribution in [3.63, 3.8) is 0 Å². The van der Waals surface area contributed by atoms with Crippen molar-refractivity contribution in [1.82, 2.24) is 10.6 Å². The van der Waals surface area contributed by atoms with Gasteiger partial charge in [0.15, 0.2) is 0 Å². The highest BCUT2D eigenvalue weighted by Gasteiger charge is 2.40. The fourth-order valence-corrected chi connectivity index (χ4v) is 3.49. The van der Waals surface area contributed by atoms with Crippen molar-refractivity contribution >= 4 is 34.1 Å². The van der Waals surface area contributed by atoms with Gasteiger partial charge < -0.3 is 26.0 Å². The van der Waals surface area contributed by atoms with Crippen molar-refractivity contribution < 1.29 is 20.1 Å². The number of benzene rings is 1. The van der Waals surface area contributed by atoms with Gasteiger partial charge in [0, 0.05) is 12.6 Å². The highest BCUT2D eigenvalue weighted by molar-refractivity contribution is 8.24. The van der Waals surface area contributed by atoms with Gasteiger partial charge in [-0.05, 0) is 12.5 Å². The lowest BCUT2D eigenvalue weighted by Gasteiger charge is -2.40. The van der Waals surface area contributed by atoms with E-state index in [1.807, 2.05) is 30.3 Å². The smallest absolute Gasteiger partial charge is 0.230 e. The largest absolute Gasteiger partial charge is 0.389 e. The fraction of sp³-hybridized carbons (Fsp3) is 0.500. The van der Waals surface area contributed by atoms with Crippen LogP contribution in [-0.2, 0) is 4.79 Å². The van der Waals surface area contributed by atoms with Gasteiger partial charge in [-0.1, -0.05) is 42.5 Å². The number of aliphatic hydroxyl groups excluding tert-OH is 3. The first-order chi connectivity index (χ1) is 11.4. The first kappa shape index (κ1) is 19.3. The van der Waals surface area contributed by atoms with Crippen LogP contribution in [0.25, 0.3) is 0 Å². The van der Waals surface area contributed by atoms with Crippen LogP contribution < -0.4 is 10.6 Å². The van der Waals surface area contributed by atoms with Crippen LogP contribution in [-0.4, -0.2) is 68.1 Å². The van der Waals surface area contributed by atoms with Crippen molar-refractivity contribution in [3.05, 3.63) is 35.9 Å². The molecule has 5 atom stereocenters. The molecule has 1 aromatic carbocycles. The Bertz CT molecular complexity index is 572. The zero-order valence-corrected chi connectivity index (χ0v) is 14.9. The number of carbonyl (C=O) groups excluding carboxylic acids is 1. The highest BCUT2D eigenvalue weighted by Crippen LogP contribution is 2.16. The lowest BCUT2D eigenvalue weighted by Crippen LogP contribution is -2.66. The van der Waals surface area contributed by atoms with Crippen LogP contribution in [0.15, 0.2) is 30.3 Å². The van der Waals surface area contributed by atoms with Crippen LogP contribution >= 0.6 is 24.0 Å². The number of nitrogens with one attached hydrogen (secondary N) is 2.